The molecule has 0 aromatic heterocycles. The fraction of sp³-hybridized carbons (Fsp3) is 0.250. The Morgan fingerprint density at radius 1 is 1.04 bits per heavy atom. The second kappa shape index (κ2) is 6.73. The van der Waals surface area contributed by atoms with Gasteiger partial charge < -0.3 is 4.90 Å². The number of fused-ring (bicyclic) bond motifs is 1. The van der Waals surface area contributed by atoms with Crippen LogP contribution < -0.4 is 4.72 Å². The minimum Gasteiger partial charge on any atom is -0.318 e. The third kappa shape index (κ3) is 3.37. The van der Waals surface area contributed by atoms with Crippen molar-refractivity contribution in [3.8, 4) is 0 Å². The number of rotatable bonds is 4. The van der Waals surface area contributed by atoms with E-state index in [1.54, 1.807) is 30.0 Å². The summed E-state index contributed by atoms with van der Waals surface area (Å²) in [5.41, 5.74) is 5.53. The van der Waals surface area contributed by atoms with Crippen LogP contribution in [0.15, 0.2) is 51.7 Å². The quantitative estimate of drug-likeness (QED) is 0.840. The molecule has 0 atom stereocenters. The van der Waals surface area contributed by atoms with Crippen molar-refractivity contribution in [3.05, 3.63) is 64.1 Å². The second-order valence-electron chi connectivity index (χ2n) is 6.82. The van der Waals surface area contributed by atoms with Crippen molar-refractivity contribution in [2.45, 2.75) is 25.7 Å². The predicted octanol–water partition coefficient (Wildman–Crippen LogP) is 4.13. The van der Waals surface area contributed by atoms with Crippen molar-refractivity contribution in [1.29, 1.82) is 0 Å². The van der Waals surface area contributed by atoms with E-state index in [-0.39, 0.29) is 0 Å². The molecule has 140 valence electrons. The van der Waals surface area contributed by atoms with E-state index < -0.39 is 10.0 Å². The smallest absolute Gasteiger partial charge is 0.262 e. The highest BCUT2D eigenvalue weighted by Gasteiger charge is 2.27. The van der Waals surface area contributed by atoms with Gasteiger partial charge in [0.15, 0.2) is 5.17 Å². The van der Waals surface area contributed by atoms with E-state index in [2.05, 4.69) is 20.0 Å². The minimum atomic E-state index is -3.63. The predicted molar refractivity (Wildman–Crippen MR) is 112 cm³/mol. The van der Waals surface area contributed by atoms with Crippen LogP contribution in [0.3, 0.4) is 0 Å². The molecule has 0 radical (unpaired) electrons. The number of anilines is 1. The topological polar surface area (TPSA) is 61.8 Å². The molecule has 0 saturated heterocycles. The van der Waals surface area contributed by atoms with Gasteiger partial charge in [0, 0.05) is 17.6 Å². The maximum atomic E-state index is 12.8. The lowest BCUT2D eigenvalue weighted by Crippen LogP contribution is -2.19. The third-order valence-electron chi connectivity index (χ3n) is 4.88. The Balaban J connectivity index is 1.57. The van der Waals surface area contributed by atoms with Crippen LogP contribution >= 0.6 is 11.8 Å². The molecule has 0 spiro atoms. The van der Waals surface area contributed by atoms with Crippen molar-refractivity contribution in [3.63, 3.8) is 0 Å². The average Bonchev–Trinajstić information content (AvgIpc) is 3.22. The van der Waals surface area contributed by atoms with Crippen molar-refractivity contribution in [2.75, 3.05) is 17.8 Å². The Hall–Kier alpha value is -2.25. The summed E-state index contributed by atoms with van der Waals surface area (Å²) in [7, 11) is -3.63. The molecule has 0 bridgehead atoms. The number of nitrogens with zero attached hydrogens (tertiary/aromatic N) is 2. The summed E-state index contributed by atoms with van der Waals surface area (Å²) in [5.74, 6) is 0. The number of nitrogens with one attached hydrogen (secondary N) is 1. The van der Waals surface area contributed by atoms with Gasteiger partial charge in [-0.1, -0.05) is 30.0 Å². The van der Waals surface area contributed by atoms with Crippen LogP contribution in [0.5, 0.6) is 0 Å². The Kier molecular flexibility index (Phi) is 4.52. The molecule has 1 N–H and O–H groups in total. The molecule has 4 rings (SSSR count). The normalized spacial score (nSPS) is 16.2. The third-order valence-corrected chi connectivity index (χ3v) is 7.31. The van der Waals surface area contributed by atoms with Gasteiger partial charge in [-0.3, -0.25) is 9.71 Å². The fourth-order valence-electron chi connectivity index (χ4n) is 3.29. The van der Waals surface area contributed by atoms with Crippen LogP contribution in [-0.4, -0.2) is 31.6 Å². The van der Waals surface area contributed by atoms with E-state index in [0.29, 0.717) is 10.6 Å². The van der Waals surface area contributed by atoms with E-state index in [1.165, 1.54) is 0 Å². The molecule has 0 saturated carbocycles. The molecule has 27 heavy (non-hydrogen) atoms. The zero-order valence-corrected chi connectivity index (χ0v) is 17.1. The maximum Gasteiger partial charge on any atom is 0.262 e. The fourth-order valence-corrected chi connectivity index (χ4v) is 5.62. The van der Waals surface area contributed by atoms with Crippen LogP contribution in [0.1, 0.15) is 22.3 Å². The molecular formula is C20H21N3O2S2. The molecule has 2 aliphatic heterocycles. The number of amidine groups is 1. The molecule has 0 fully saturated rings. The van der Waals surface area contributed by atoms with Gasteiger partial charge in [-0.05, 0) is 61.2 Å². The van der Waals surface area contributed by atoms with Crippen LogP contribution in [0.4, 0.5) is 5.69 Å². The zero-order chi connectivity index (χ0) is 19.2. The number of hydrogen-bond acceptors (Lipinski definition) is 5. The van der Waals surface area contributed by atoms with Gasteiger partial charge in [0.05, 0.1) is 17.1 Å². The van der Waals surface area contributed by atoms with Crippen LogP contribution in [-0.2, 0) is 10.0 Å². The molecule has 0 unspecified atom stereocenters. The highest BCUT2D eigenvalue weighted by Crippen LogP contribution is 2.35. The summed E-state index contributed by atoms with van der Waals surface area (Å²) in [6, 6.07) is 11.1. The van der Waals surface area contributed by atoms with E-state index >= 15 is 0 Å². The number of benzene rings is 2. The van der Waals surface area contributed by atoms with Crippen molar-refractivity contribution in [2.24, 2.45) is 4.99 Å². The van der Waals surface area contributed by atoms with Crippen LogP contribution in [0.25, 0.3) is 5.70 Å². The van der Waals surface area contributed by atoms with Crippen LogP contribution in [0.2, 0.25) is 0 Å². The molecular weight excluding hydrogens is 378 g/mol. The number of aryl methyl sites for hydroxylation is 3. The van der Waals surface area contributed by atoms with Crippen LogP contribution in [0, 0.1) is 20.8 Å². The molecule has 2 aromatic rings. The maximum absolute atomic E-state index is 12.8. The summed E-state index contributed by atoms with van der Waals surface area (Å²) < 4.78 is 28.4. The van der Waals surface area contributed by atoms with E-state index in [9.17, 15) is 8.42 Å². The highest BCUT2D eigenvalue weighted by molar-refractivity contribution is 8.16. The monoisotopic (exact) mass is 399 g/mol. The first-order valence-corrected chi connectivity index (χ1v) is 11.1. The second-order valence-corrected chi connectivity index (χ2v) is 9.31. The van der Waals surface area contributed by atoms with Gasteiger partial charge in [-0.2, -0.15) is 0 Å². The lowest BCUT2D eigenvalue weighted by atomic mass is 10.1. The summed E-state index contributed by atoms with van der Waals surface area (Å²) in [6.07, 6.45) is 0. The van der Waals surface area contributed by atoms with Crippen molar-refractivity contribution < 1.29 is 8.42 Å². The van der Waals surface area contributed by atoms with E-state index in [0.717, 1.165) is 46.2 Å². The largest absolute Gasteiger partial charge is 0.318 e. The summed E-state index contributed by atoms with van der Waals surface area (Å²) in [6.45, 7) is 7.45. The minimum absolute atomic E-state index is 0.322. The van der Waals surface area contributed by atoms with E-state index in [4.69, 9.17) is 0 Å². The molecule has 0 amide bonds. The molecule has 5 nitrogen and oxygen atoms in total. The Morgan fingerprint density at radius 2 is 1.74 bits per heavy atom. The Bertz CT molecular complexity index is 1070. The molecule has 2 heterocycles. The SMILES string of the molecule is Cc1cc(C)c(S(=O)(=O)Nc2ccc(C3=CSC4=NCCN34)cc2)cc1C. The summed E-state index contributed by atoms with van der Waals surface area (Å²) in [5, 5.41) is 3.13. The van der Waals surface area contributed by atoms with Gasteiger partial charge in [0.1, 0.15) is 0 Å². The average molecular weight is 400 g/mol. The molecule has 2 aromatic carbocycles. The van der Waals surface area contributed by atoms with Gasteiger partial charge in [-0.15, -0.1) is 0 Å². The van der Waals surface area contributed by atoms with Gasteiger partial charge in [0.25, 0.3) is 10.0 Å². The first-order valence-electron chi connectivity index (χ1n) is 8.75. The highest BCUT2D eigenvalue weighted by atomic mass is 32.2. The Morgan fingerprint density at radius 3 is 2.48 bits per heavy atom. The number of sulfonamides is 1. The standard InChI is InChI=1S/C20H21N3O2S2/c1-13-10-15(3)19(11-14(13)2)27(24,25)22-17-6-4-16(5-7-17)18-12-26-20-21-8-9-23(18)20/h4-7,10-12,22H,8-9H2,1-3H3. The van der Waals surface area contributed by atoms with Gasteiger partial charge >= 0.3 is 0 Å². The molecule has 0 aliphatic carbocycles. The van der Waals surface area contributed by atoms with Crippen molar-refractivity contribution in [1.82, 2.24) is 4.90 Å². The van der Waals surface area contributed by atoms with Crippen molar-refractivity contribution >= 4 is 38.3 Å². The Labute approximate surface area is 164 Å². The first-order chi connectivity index (χ1) is 12.8. The van der Waals surface area contributed by atoms with Gasteiger partial charge in [-0.25, -0.2) is 8.42 Å². The summed E-state index contributed by atoms with van der Waals surface area (Å²) in [4.78, 5) is 6.97. The first kappa shape index (κ1) is 18.1. The number of aliphatic imine (C=N–C) groups is 1. The lowest BCUT2D eigenvalue weighted by molar-refractivity contribution is 0.600. The lowest BCUT2D eigenvalue weighted by Gasteiger charge is -2.17. The number of thioether (sulfide) groups is 1. The zero-order valence-electron chi connectivity index (χ0n) is 15.5. The number of hydrogen-bond donors (Lipinski definition) is 1. The molecule has 7 heteroatoms. The van der Waals surface area contributed by atoms with E-state index in [1.807, 2.05) is 39.0 Å². The van der Waals surface area contributed by atoms with Gasteiger partial charge in [0.2, 0.25) is 0 Å². The summed E-state index contributed by atoms with van der Waals surface area (Å²) >= 11 is 1.63. The molecule has 2 aliphatic rings.